The number of hydrogen-bond donors (Lipinski definition) is 1. The van der Waals surface area contributed by atoms with E-state index in [0.29, 0.717) is 5.56 Å². The highest BCUT2D eigenvalue weighted by molar-refractivity contribution is 6.00. The number of nitrogens with zero attached hydrogens (tertiary/aromatic N) is 3. The molecule has 7 heteroatoms. The highest BCUT2D eigenvalue weighted by atomic mass is 19.1. The third-order valence-corrected chi connectivity index (χ3v) is 5.63. The van der Waals surface area contributed by atoms with E-state index < -0.39 is 18.2 Å². The molecule has 1 unspecified atom stereocenters. The van der Waals surface area contributed by atoms with E-state index in [0.717, 1.165) is 36.9 Å². The number of hydrogen-bond acceptors (Lipinski definition) is 3. The van der Waals surface area contributed by atoms with Crippen molar-refractivity contribution in [1.82, 2.24) is 14.7 Å². The fourth-order valence-electron chi connectivity index (χ4n) is 4.12. The van der Waals surface area contributed by atoms with Gasteiger partial charge < -0.3 is 10.0 Å². The number of carbonyl (C=O) groups is 2. The zero-order valence-corrected chi connectivity index (χ0v) is 15.0. The Balaban J connectivity index is 1.71. The Hall–Kier alpha value is -2.70. The summed E-state index contributed by atoms with van der Waals surface area (Å²) in [7, 11) is 0. The monoisotopic (exact) mass is 371 g/mol. The molecule has 1 aromatic heterocycles. The second-order valence-corrected chi connectivity index (χ2v) is 7.40. The van der Waals surface area contributed by atoms with Gasteiger partial charge in [-0.3, -0.25) is 9.48 Å². The summed E-state index contributed by atoms with van der Waals surface area (Å²) in [5, 5.41) is 13.6. The second kappa shape index (κ2) is 6.79. The maximum absolute atomic E-state index is 14.4. The summed E-state index contributed by atoms with van der Waals surface area (Å²) < 4.78 is 16.3. The maximum atomic E-state index is 14.4. The molecule has 1 saturated heterocycles. The summed E-state index contributed by atoms with van der Waals surface area (Å²) in [5.41, 5.74) is -0.347. The van der Waals surface area contributed by atoms with Crippen LogP contribution in [0.5, 0.6) is 0 Å². The van der Waals surface area contributed by atoms with Gasteiger partial charge in [-0.2, -0.15) is 5.10 Å². The van der Waals surface area contributed by atoms with Gasteiger partial charge in [0, 0.05) is 18.5 Å². The van der Waals surface area contributed by atoms with Crippen molar-refractivity contribution in [2.75, 3.05) is 13.1 Å². The number of carboxylic acid groups (broad SMARTS) is 1. The van der Waals surface area contributed by atoms with Crippen LogP contribution in [0, 0.1) is 0 Å². The fraction of sp³-hybridized carbons (Fsp3) is 0.450. The summed E-state index contributed by atoms with van der Waals surface area (Å²) in [5.74, 6) is -1.87. The maximum Gasteiger partial charge on any atom is 0.343 e. The van der Waals surface area contributed by atoms with E-state index >= 15 is 0 Å². The van der Waals surface area contributed by atoms with Gasteiger partial charge in [0.1, 0.15) is 0 Å². The quantitative estimate of drug-likeness (QED) is 0.895. The van der Waals surface area contributed by atoms with Crippen molar-refractivity contribution < 1.29 is 19.1 Å². The molecule has 1 aromatic carbocycles. The Labute approximate surface area is 156 Å². The normalized spacial score (nSPS) is 23.1. The number of carboxylic acids is 1. The lowest BCUT2D eigenvalue weighted by Crippen LogP contribution is -2.39. The molecule has 2 fully saturated rings. The second-order valence-electron chi connectivity index (χ2n) is 7.40. The number of alkyl halides is 1. The van der Waals surface area contributed by atoms with Crippen LogP contribution in [-0.4, -0.2) is 50.4 Å². The lowest BCUT2D eigenvalue weighted by Gasteiger charge is -2.19. The van der Waals surface area contributed by atoms with Crippen molar-refractivity contribution in [3.8, 4) is 11.3 Å². The van der Waals surface area contributed by atoms with Gasteiger partial charge >= 0.3 is 5.97 Å². The number of aliphatic carboxylic acids is 1. The minimum absolute atomic E-state index is 0.0878. The Morgan fingerprint density at radius 1 is 1.19 bits per heavy atom. The molecule has 1 atom stereocenters. The summed E-state index contributed by atoms with van der Waals surface area (Å²) in [6, 6.07) is 9.83. The Kier molecular flexibility index (Phi) is 4.45. The molecule has 1 aliphatic heterocycles. The van der Waals surface area contributed by atoms with Gasteiger partial charge in [-0.15, -0.1) is 0 Å². The van der Waals surface area contributed by atoms with Crippen LogP contribution in [0.25, 0.3) is 11.3 Å². The molecule has 4 rings (SSSR count). The summed E-state index contributed by atoms with van der Waals surface area (Å²) in [4.78, 5) is 25.5. The van der Waals surface area contributed by atoms with E-state index in [1.165, 1.54) is 4.90 Å². The predicted octanol–water partition coefficient (Wildman–Crippen LogP) is 3.30. The van der Waals surface area contributed by atoms with Crippen LogP contribution in [0.3, 0.4) is 0 Å². The smallest absolute Gasteiger partial charge is 0.343 e. The number of likely N-dealkylation sites (tertiary alicyclic amines) is 1. The highest BCUT2D eigenvalue weighted by Crippen LogP contribution is 2.36. The molecule has 1 N–H and O–H groups in total. The molecule has 0 radical (unpaired) electrons. The number of benzene rings is 1. The average molecular weight is 371 g/mol. The molecule has 1 amide bonds. The molecule has 2 aromatic rings. The van der Waals surface area contributed by atoms with Crippen molar-refractivity contribution in [1.29, 1.82) is 0 Å². The number of amides is 1. The van der Waals surface area contributed by atoms with Gasteiger partial charge in [0.25, 0.3) is 5.91 Å². The van der Waals surface area contributed by atoms with Crippen LogP contribution in [0.4, 0.5) is 4.39 Å². The van der Waals surface area contributed by atoms with Crippen LogP contribution in [0.1, 0.15) is 48.5 Å². The van der Waals surface area contributed by atoms with E-state index in [1.54, 1.807) is 6.20 Å². The van der Waals surface area contributed by atoms with Crippen LogP contribution >= 0.6 is 0 Å². The number of carbonyl (C=O) groups excluding carboxylic acids is 1. The molecule has 2 heterocycles. The summed E-state index contributed by atoms with van der Waals surface area (Å²) in [6.07, 6.45) is 5.67. The number of rotatable bonds is 4. The predicted molar refractivity (Wildman–Crippen MR) is 97.2 cm³/mol. The van der Waals surface area contributed by atoms with Gasteiger partial charge in [0.2, 0.25) is 5.67 Å². The molecule has 0 bridgehead atoms. The van der Waals surface area contributed by atoms with Crippen molar-refractivity contribution in [3.63, 3.8) is 0 Å². The molecule has 2 aliphatic rings. The topological polar surface area (TPSA) is 75.4 Å². The standard InChI is InChI=1S/C20H22FN3O3/c21-20(19(26)27)10-11-23(13-20)18(25)16-12-22-24(15-8-4-5-9-15)17(16)14-6-2-1-3-7-14/h1-3,6-7,12,15H,4-5,8-11,13H2,(H,26,27). The first-order valence-corrected chi connectivity index (χ1v) is 9.34. The van der Waals surface area contributed by atoms with Gasteiger partial charge in [0.05, 0.1) is 30.0 Å². The van der Waals surface area contributed by atoms with Crippen LogP contribution in [-0.2, 0) is 4.79 Å². The minimum Gasteiger partial charge on any atom is -0.479 e. The molecule has 6 nitrogen and oxygen atoms in total. The molecule has 27 heavy (non-hydrogen) atoms. The lowest BCUT2D eigenvalue weighted by molar-refractivity contribution is -0.149. The van der Waals surface area contributed by atoms with Gasteiger partial charge in [-0.05, 0) is 12.8 Å². The minimum atomic E-state index is -2.37. The Morgan fingerprint density at radius 3 is 2.52 bits per heavy atom. The number of halogens is 1. The third kappa shape index (κ3) is 3.11. The van der Waals surface area contributed by atoms with Crippen molar-refractivity contribution in [3.05, 3.63) is 42.1 Å². The van der Waals surface area contributed by atoms with E-state index in [2.05, 4.69) is 5.10 Å². The lowest BCUT2D eigenvalue weighted by atomic mass is 10.1. The first-order chi connectivity index (χ1) is 13.0. The van der Waals surface area contributed by atoms with Crippen molar-refractivity contribution in [2.45, 2.75) is 43.8 Å². The molecular weight excluding hydrogens is 349 g/mol. The molecule has 142 valence electrons. The first kappa shape index (κ1) is 17.7. The van der Waals surface area contributed by atoms with Gasteiger partial charge in [-0.1, -0.05) is 43.2 Å². The SMILES string of the molecule is O=C(c1cnn(C2CCCC2)c1-c1ccccc1)N1CCC(F)(C(=O)O)C1. The summed E-state index contributed by atoms with van der Waals surface area (Å²) in [6.45, 7) is -0.339. The molecular formula is C20H22FN3O3. The van der Waals surface area contributed by atoms with E-state index in [9.17, 15) is 14.0 Å². The van der Waals surface area contributed by atoms with Crippen molar-refractivity contribution >= 4 is 11.9 Å². The summed E-state index contributed by atoms with van der Waals surface area (Å²) >= 11 is 0. The third-order valence-electron chi connectivity index (χ3n) is 5.63. The van der Waals surface area contributed by atoms with E-state index in [1.807, 2.05) is 35.0 Å². The average Bonchev–Trinajstić information content (AvgIpc) is 3.41. The molecule has 0 spiro atoms. The molecule has 1 saturated carbocycles. The van der Waals surface area contributed by atoms with E-state index in [-0.39, 0.29) is 24.9 Å². The molecule has 1 aliphatic carbocycles. The fourth-order valence-corrected chi connectivity index (χ4v) is 4.12. The van der Waals surface area contributed by atoms with Gasteiger partial charge in [-0.25, -0.2) is 9.18 Å². The Bertz CT molecular complexity index is 861. The van der Waals surface area contributed by atoms with Crippen LogP contribution in [0.2, 0.25) is 0 Å². The van der Waals surface area contributed by atoms with Gasteiger partial charge in [0.15, 0.2) is 0 Å². The largest absolute Gasteiger partial charge is 0.479 e. The zero-order valence-electron chi connectivity index (χ0n) is 15.0. The van der Waals surface area contributed by atoms with E-state index in [4.69, 9.17) is 5.11 Å². The van der Waals surface area contributed by atoms with Crippen LogP contribution in [0.15, 0.2) is 36.5 Å². The highest BCUT2D eigenvalue weighted by Gasteiger charge is 2.47. The van der Waals surface area contributed by atoms with Crippen LogP contribution < -0.4 is 0 Å². The zero-order chi connectivity index (χ0) is 19.0. The number of aromatic nitrogens is 2. The first-order valence-electron chi connectivity index (χ1n) is 9.34. The van der Waals surface area contributed by atoms with Crippen molar-refractivity contribution in [2.24, 2.45) is 0 Å². The Morgan fingerprint density at radius 2 is 1.89 bits per heavy atom.